The van der Waals surface area contributed by atoms with Crippen LogP contribution in [0, 0.1) is 0 Å². The van der Waals surface area contributed by atoms with E-state index in [4.69, 9.17) is 37.4 Å². The molecule has 8 heteroatoms. The largest absolute Gasteiger partial charge is 0.490 e. The summed E-state index contributed by atoms with van der Waals surface area (Å²) in [7, 11) is 0. The highest BCUT2D eigenvalue weighted by atomic mass is 35.5. The third-order valence-electron chi connectivity index (χ3n) is 4.16. The fourth-order valence-electron chi connectivity index (χ4n) is 2.67. The van der Waals surface area contributed by atoms with Crippen molar-refractivity contribution in [2.24, 2.45) is 5.10 Å². The summed E-state index contributed by atoms with van der Waals surface area (Å²) in [5, 5.41) is 4.79. The monoisotopic (exact) mass is 472 g/mol. The smallest absolute Gasteiger partial charge is 0.277 e. The average Bonchev–Trinajstić information content (AvgIpc) is 2.80. The number of nitrogens with zero attached hydrogens (tertiary/aromatic N) is 1. The first-order chi connectivity index (χ1) is 15.5. The fraction of sp³-hybridized carbons (Fsp3) is 0.167. The molecule has 0 unspecified atom stereocenters. The van der Waals surface area contributed by atoms with Crippen molar-refractivity contribution in [2.75, 3.05) is 13.2 Å². The zero-order chi connectivity index (χ0) is 22.8. The Balaban J connectivity index is 1.55. The van der Waals surface area contributed by atoms with E-state index in [9.17, 15) is 4.79 Å². The maximum Gasteiger partial charge on any atom is 0.277 e. The van der Waals surface area contributed by atoms with Crippen molar-refractivity contribution in [1.82, 2.24) is 5.43 Å². The number of carbonyl (C=O) groups is 1. The van der Waals surface area contributed by atoms with Crippen LogP contribution in [0.2, 0.25) is 10.0 Å². The van der Waals surface area contributed by atoms with Crippen LogP contribution in [-0.2, 0) is 11.4 Å². The molecular weight excluding hydrogens is 451 g/mol. The number of carbonyl (C=O) groups excluding carboxylic acids is 1. The molecular formula is C24H22Cl2N2O4. The third kappa shape index (κ3) is 7.18. The molecule has 1 N–H and O–H groups in total. The van der Waals surface area contributed by atoms with Gasteiger partial charge < -0.3 is 14.2 Å². The molecule has 0 heterocycles. The Bertz CT molecular complexity index is 1070. The van der Waals surface area contributed by atoms with Crippen molar-refractivity contribution in [3.63, 3.8) is 0 Å². The van der Waals surface area contributed by atoms with Gasteiger partial charge in [0.15, 0.2) is 18.1 Å². The van der Waals surface area contributed by atoms with Gasteiger partial charge in [-0.05, 0) is 48.4 Å². The first kappa shape index (κ1) is 23.4. The number of halogens is 2. The Morgan fingerprint density at radius 1 is 0.938 bits per heavy atom. The van der Waals surface area contributed by atoms with Crippen LogP contribution in [0.3, 0.4) is 0 Å². The van der Waals surface area contributed by atoms with E-state index < -0.39 is 5.91 Å². The lowest BCUT2D eigenvalue weighted by atomic mass is 10.2. The van der Waals surface area contributed by atoms with Crippen molar-refractivity contribution >= 4 is 35.3 Å². The highest BCUT2D eigenvalue weighted by molar-refractivity contribution is 6.34. The molecule has 0 aliphatic rings. The van der Waals surface area contributed by atoms with E-state index in [2.05, 4.69) is 10.5 Å². The van der Waals surface area contributed by atoms with E-state index in [1.165, 1.54) is 12.3 Å². The van der Waals surface area contributed by atoms with Gasteiger partial charge in [-0.3, -0.25) is 4.79 Å². The van der Waals surface area contributed by atoms with Crippen molar-refractivity contribution in [1.29, 1.82) is 0 Å². The molecule has 6 nitrogen and oxygen atoms in total. The topological polar surface area (TPSA) is 69.2 Å². The summed E-state index contributed by atoms with van der Waals surface area (Å²) in [6.45, 7) is 2.56. The average molecular weight is 473 g/mol. The van der Waals surface area contributed by atoms with Gasteiger partial charge in [-0.25, -0.2) is 5.43 Å². The summed E-state index contributed by atoms with van der Waals surface area (Å²) in [6, 6.07) is 20.1. The van der Waals surface area contributed by atoms with Crippen LogP contribution in [0.25, 0.3) is 0 Å². The van der Waals surface area contributed by atoms with E-state index in [-0.39, 0.29) is 6.61 Å². The van der Waals surface area contributed by atoms with Crippen molar-refractivity contribution in [3.8, 4) is 17.2 Å². The second kappa shape index (κ2) is 12.0. The van der Waals surface area contributed by atoms with Crippen molar-refractivity contribution in [2.45, 2.75) is 13.5 Å². The van der Waals surface area contributed by atoms with Crippen LogP contribution in [0.4, 0.5) is 0 Å². The van der Waals surface area contributed by atoms with Gasteiger partial charge in [-0.1, -0.05) is 53.5 Å². The minimum atomic E-state index is -0.440. The third-order valence-corrected chi connectivity index (χ3v) is 4.71. The molecule has 0 bridgehead atoms. The SMILES string of the molecule is CCOc1cc(/C=N/NC(=O)COc2cc(Cl)ccc2Cl)ccc1OCc1ccccc1. The van der Waals surface area contributed by atoms with Crippen LogP contribution in [0.15, 0.2) is 71.8 Å². The summed E-state index contributed by atoms with van der Waals surface area (Å²) in [5.41, 5.74) is 4.20. The van der Waals surface area contributed by atoms with Gasteiger partial charge in [0.05, 0.1) is 17.8 Å². The Kier molecular flexibility index (Phi) is 8.78. The number of nitrogens with one attached hydrogen (secondary N) is 1. The van der Waals surface area contributed by atoms with Gasteiger partial charge >= 0.3 is 0 Å². The minimum absolute atomic E-state index is 0.256. The van der Waals surface area contributed by atoms with Gasteiger partial charge in [0.1, 0.15) is 12.4 Å². The lowest BCUT2D eigenvalue weighted by Crippen LogP contribution is -2.24. The van der Waals surface area contributed by atoms with E-state index >= 15 is 0 Å². The molecule has 0 aliphatic heterocycles. The summed E-state index contributed by atoms with van der Waals surface area (Å²) >= 11 is 11.9. The van der Waals surface area contributed by atoms with Crippen LogP contribution in [-0.4, -0.2) is 25.3 Å². The molecule has 0 aliphatic carbocycles. The number of rotatable bonds is 10. The number of ether oxygens (including phenoxy) is 3. The maximum absolute atomic E-state index is 12.0. The van der Waals surface area contributed by atoms with Gasteiger partial charge in [-0.2, -0.15) is 5.10 Å². The van der Waals surface area contributed by atoms with Crippen molar-refractivity contribution < 1.29 is 19.0 Å². The lowest BCUT2D eigenvalue weighted by Gasteiger charge is -2.12. The van der Waals surface area contributed by atoms with Gasteiger partial charge in [0, 0.05) is 11.1 Å². The second-order valence-corrected chi connectivity index (χ2v) is 7.41. The van der Waals surface area contributed by atoms with E-state index in [1.807, 2.05) is 43.3 Å². The Morgan fingerprint density at radius 3 is 2.53 bits per heavy atom. The molecule has 0 fully saturated rings. The molecule has 0 saturated carbocycles. The minimum Gasteiger partial charge on any atom is -0.490 e. The van der Waals surface area contributed by atoms with Gasteiger partial charge in [-0.15, -0.1) is 0 Å². The molecule has 0 radical (unpaired) electrons. The Morgan fingerprint density at radius 2 is 1.75 bits per heavy atom. The number of hydrazone groups is 1. The van der Waals surface area contributed by atoms with E-state index in [1.54, 1.807) is 24.3 Å². The molecule has 0 atom stereocenters. The predicted octanol–water partition coefficient (Wildman–Crippen LogP) is 5.50. The fourth-order valence-corrected chi connectivity index (χ4v) is 3.00. The normalized spacial score (nSPS) is 10.7. The number of hydrogen-bond acceptors (Lipinski definition) is 5. The quantitative estimate of drug-likeness (QED) is 0.312. The van der Waals surface area contributed by atoms with Crippen LogP contribution < -0.4 is 19.6 Å². The number of hydrogen-bond donors (Lipinski definition) is 1. The standard InChI is InChI=1S/C24H22Cl2N2O4/c1-2-30-23-12-18(8-11-21(23)31-15-17-6-4-3-5-7-17)14-27-28-24(29)16-32-22-13-19(25)9-10-20(22)26/h3-14H,2,15-16H2,1H3,(H,28,29)/b27-14+. The van der Waals surface area contributed by atoms with Crippen molar-refractivity contribution in [3.05, 3.63) is 87.9 Å². The van der Waals surface area contributed by atoms with Crippen LogP contribution in [0.5, 0.6) is 17.2 Å². The number of benzene rings is 3. The molecule has 3 aromatic carbocycles. The number of amides is 1. The van der Waals surface area contributed by atoms with E-state index in [0.717, 1.165) is 11.1 Å². The zero-order valence-corrected chi connectivity index (χ0v) is 18.9. The zero-order valence-electron chi connectivity index (χ0n) is 17.4. The Labute approximate surface area is 196 Å². The van der Waals surface area contributed by atoms with Crippen LogP contribution >= 0.6 is 23.2 Å². The second-order valence-electron chi connectivity index (χ2n) is 6.57. The maximum atomic E-state index is 12.0. The van der Waals surface area contributed by atoms with Crippen LogP contribution in [0.1, 0.15) is 18.1 Å². The van der Waals surface area contributed by atoms with Gasteiger partial charge in [0.2, 0.25) is 0 Å². The highest BCUT2D eigenvalue weighted by Crippen LogP contribution is 2.29. The molecule has 32 heavy (non-hydrogen) atoms. The summed E-state index contributed by atoms with van der Waals surface area (Å²) in [4.78, 5) is 12.0. The predicted molar refractivity (Wildman–Crippen MR) is 126 cm³/mol. The van der Waals surface area contributed by atoms with E-state index in [0.29, 0.717) is 40.5 Å². The molecule has 0 spiro atoms. The first-order valence-electron chi connectivity index (χ1n) is 9.88. The highest BCUT2D eigenvalue weighted by Gasteiger charge is 2.08. The summed E-state index contributed by atoms with van der Waals surface area (Å²) in [5.74, 6) is 1.11. The molecule has 3 aromatic rings. The molecule has 0 saturated heterocycles. The summed E-state index contributed by atoms with van der Waals surface area (Å²) in [6.07, 6.45) is 1.51. The molecule has 3 rings (SSSR count). The van der Waals surface area contributed by atoms with Gasteiger partial charge in [0.25, 0.3) is 5.91 Å². The lowest BCUT2D eigenvalue weighted by molar-refractivity contribution is -0.123. The Hall–Kier alpha value is -3.22. The summed E-state index contributed by atoms with van der Waals surface area (Å²) < 4.78 is 16.9. The molecule has 166 valence electrons. The molecule has 1 amide bonds. The molecule has 0 aromatic heterocycles. The first-order valence-corrected chi connectivity index (χ1v) is 10.6.